The first-order valence-electron chi connectivity index (χ1n) is 6.28. The molecule has 108 valence electrons. The number of rotatable bonds is 6. The van der Waals surface area contributed by atoms with Crippen LogP contribution in [-0.4, -0.2) is 36.4 Å². The van der Waals surface area contributed by atoms with Gasteiger partial charge < -0.3 is 14.8 Å². The molecule has 0 aliphatic rings. The summed E-state index contributed by atoms with van der Waals surface area (Å²) in [6.45, 7) is 2.55. The topological polar surface area (TPSA) is 48.3 Å². The van der Waals surface area contributed by atoms with Crippen LogP contribution in [0.5, 0.6) is 5.75 Å². The van der Waals surface area contributed by atoms with E-state index in [0.717, 1.165) is 5.69 Å². The van der Waals surface area contributed by atoms with E-state index < -0.39 is 0 Å². The van der Waals surface area contributed by atoms with Crippen molar-refractivity contribution in [3.05, 3.63) is 36.4 Å². The number of anilines is 1. The van der Waals surface area contributed by atoms with E-state index in [1.807, 2.05) is 11.5 Å². The third-order valence-electron chi connectivity index (χ3n) is 2.83. The molecule has 1 heterocycles. The van der Waals surface area contributed by atoms with E-state index >= 15 is 0 Å². The SMILES string of the molecule is COCC(C)Nc1nccn1-c1ccc(F)cc1OC. The highest BCUT2D eigenvalue weighted by atomic mass is 19.1. The smallest absolute Gasteiger partial charge is 0.207 e. The molecule has 1 N–H and O–H groups in total. The number of methoxy groups -OCH3 is 2. The standard InChI is InChI=1S/C14H18FN3O2/c1-10(9-19-2)17-14-16-6-7-18(14)12-5-4-11(15)8-13(12)20-3/h4-8,10H,9H2,1-3H3,(H,16,17). The maximum Gasteiger partial charge on any atom is 0.207 e. The molecule has 0 aliphatic heterocycles. The zero-order chi connectivity index (χ0) is 14.5. The minimum Gasteiger partial charge on any atom is -0.494 e. The number of hydrogen-bond acceptors (Lipinski definition) is 4. The van der Waals surface area contributed by atoms with Gasteiger partial charge in [-0.05, 0) is 19.1 Å². The zero-order valence-electron chi connectivity index (χ0n) is 11.8. The lowest BCUT2D eigenvalue weighted by Crippen LogP contribution is -2.22. The summed E-state index contributed by atoms with van der Waals surface area (Å²) in [7, 11) is 3.16. The maximum absolute atomic E-state index is 13.2. The van der Waals surface area contributed by atoms with Crippen molar-refractivity contribution in [1.29, 1.82) is 0 Å². The van der Waals surface area contributed by atoms with Crippen LogP contribution < -0.4 is 10.1 Å². The first-order valence-corrected chi connectivity index (χ1v) is 6.28. The molecule has 2 aromatic rings. The van der Waals surface area contributed by atoms with E-state index in [9.17, 15) is 4.39 Å². The van der Waals surface area contributed by atoms with Gasteiger partial charge in [0.25, 0.3) is 0 Å². The van der Waals surface area contributed by atoms with Gasteiger partial charge in [0.05, 0.1) is 19.4 Å². The van der Waals surface area contributed by atoms with E-state index in [4.69, 9.17) is 9.47 Å². The van der Waals surface area contributed by atoms with Gasteiger partial charge in [-0.2, -0.15) is 0 Å². The first-order chi connectivity index (χ1) is 9.65. The van der Waals surface area contributed by atoms with Crippen molar-refractivity contribution in [3.8, 4) is 11.4 Å². The largest absolute Gasteiger partial charge is 0.494 e. The Morgan fingerprint density at radius 3 is 2.90 bits per heavy atom. The Bertz CT molecular complexity index is 571. The molecule has 1 aromatic carbocycles. The fourth-order valence-electron chi connectivity index (χ4n) is 1.97. The van der Waals surface area contributed by atoms with E-state index in [1.165, 1.54) is 19.2 Å². The fraction of sp³-hybridized carbons (Fsp3) is 0.357. The lowest BCUT2D eigenvalue weighted by Gasteiger charge is -2.16. The van der Waals surface area contributed by atoms with Crippen molar-refractivity contribution in [2.24, 2.45) is 0 Å². The summed E-state index contributed by atoms with van der Waals surface area (Å²) in [6.07, 6.45) is 3.46. The van der Waals surface area contributed by atoms with E-state index in [0.29, 0.717) is 18.3 Å². The highest BCUT2D eigenvalue weighted by molar-refractivity contribution is 5.51. The third kappa shape index (κ3) is 3.08. The Labute approximate surface area is 117 Å². The molecule has 1 aromatic heterocycles. The molecular formula is C14H18FN3O2. The van der Waals surface area contributed by atoms with Gasteiger partial charge in [-0.1, -0.05) is 0 Å². The molecule has 0 radical (unpaired) electrons. The number of nitrogens with one attached hydrogen (secondary N) is 1. The summed E-state index contributed by atoms with van der Waals surface area (Å²) in [6, 6.07) is 4.49. The molecule has 1 unspecified atom stereocenters. The monoisotopic (exact) mass is 279 g/mol. The fourth-order valence-corrected chi connectivity index (χ4v) is 1.97. The molecule has 5 nitrogen and oxygen atoms in total. The van der Waals surface area contributed by atoms with Crippen molar-refractivity contribution in [2.75, 3.05) is 26.1 Å². The predicted molar refractivity (Wildman–Crippen MR) is 75.0 cm³/mol. The van der Waals surface area contributed by atoms with Crippen molar-refractivity contribution in [3.63, 3.8) is 0 Å². The molecule has 0 saturated heterocycles. The number of aromatic nitrogens is 2. The van der Waals surface area contributed by atoms with Crippen LogP contribution in [0.4, 0.5) is 10.3 Å². The first kappa shape index (κ1) is 14.3. The Hall–Kier alpha value is -2.08. The molecule has 1 atom stereocenters. The van der Waals surface area contributed by atoms with E-state index in [1.54, 1.807) is 25.6 Å². The van der Waals surface area contributed by atoms with Crippen LogP contribution in [0.1, 0.15) is 6.92 Å². The Morgan fingerprint density at radius 2 is 2.20 bits per heavy atom. The van der Waals surface area contributed by atoms with Gasteiger partial charge in [0.1, 0.15) is 11.6 Å². The normalized spacial score (nSPS) is 12.2. The molecule has 0 spiro atoms. The number of ether oxygens (including phenoxy) is 2. The van der Waals surface area contributed by atoms with Crippen molar-refractivity contribution in [1.82, 2.24) is 9.55 Å². The van der Waals surface area contributed by atoms with Crippen molar-refractivity contribution < 1.29 is 13.9 Å². The maximum atomic E-state index is 13.2. The van der Waals surface area contributed by atoms with Crippen LogP contribution in [0.15, 0.2) is 30.6 Å². The lowest BCUT2D eigenvalue weighted by atomic mass is 10.3. The van der Waals surface area contributed by atoms with Gasteiger partial charge in [0.15, 0.2) is 0 Å². The highest BCUT2D eigenvalue weighted by Crippen LogP contribution is 2.26. The molecule has 20 heavy (non-hydrogen) atoms. The van der Waals surface area contributed by atoms with Gasteiger partial charge in [-0.3, -0.25) is 4.57 Å². The zero-order valence-corrected chi connectivity index (χ0v) is 11.8. The number of imidazole rings is 1. The lowest BCUT2D eigenvalue weighted by molar-refractivity contribution is 0.190. The molecule has 0 fully saturated rings. The Kier molecular flexibility index (Phi) is 4.57. The third-order valence-corrected chi connectivity index (χ3v) is 2.83. The predicted octanol–water partition coefficient (Wildman–Crippen LogP) is 2.47. The highest BCUT2D eigenvalue weighted by Gasteiger charge is 2.12. The quantitative estimate of drug-likeness (QED) is 0.882. The number of benzene rings is 1. The van der Waals surface area contributed by atoms with Crippen molar-refractivity contribution in [2.45, 2.75) is 13.0 Å². The number of halogens is 1. The summed E-state index contributed by atoms with van der Waals surface area (Å²) < 4.78 is 25.4. The molecule has 0 bridgehead atoms. The van der Waals surface area contributed by atoms with Crippen LogP contribution in [0.3, 0.4) is 0 Å². The minimum atomic E-state index is -0.340. The van der Waals surface area contributed by atoms with E-state index in [-0.39, 0.29) is 11.9 Å². The molecule has 2 rings (SSSR count). The van der Waals surface area contributed by atoms with Gasteiger partial charge in [0.2, 0.25) is 5.95 Å². The molecule has 0 amide bonds. The molecule has 0 saturated carbocycles. The van der Waals surface area contributed by atoms with E-state index in [2.05, 4.69) is 10.3 Å². The average Bonchev–Trinajstić information content (AvgIpc) is 2.86. The van der Waals surface area contributed by atoms with Gasteiger partial charge in [0, 0.05) is 31.6 Å². The summed E-state index contributed by atoms with van der Waals surface area (Å²) in [4.78, 5) is 4.26. The molecule has 0 aliphatic carbocycles. The number of nitrogens with zero attached hydrogens (tertiary/aromatic N) is 2. The van der Waals surface area contributed by atoms with Crippen molar-refractivity contribution >= 4 is 5.95 Å². The molecule has 6 heteroatoms. The molecular weight excluding hydrogens is 261 g/mol. The average molecular weight is 279 g/mol. The second-order valence-corrected chi connectivity index (χ2v) is 4.44. The van der Waals surface area contributed by atoms with Crippen LogP contribution in [0, 0.1) is 5.82 Å². The summed E-state index contributed by atoms with van der Waals surface area (Å²) >= 11 is 0. The Morgan fingerprint density at radius 1 is 1.40 bits per heavy atom. The second kappa shape index (κ2) is 6.38. The summed E-state index contributed by atoms with van der Waals surface area (Å²) in [5, 5.41) is 3.23. The van der Waals surface area contributed by atoms with Crippen LogP contribution in [0.2, 0.25) is 0 Å². The van der Waals surface area contributed by atoms with Crippen LogP contribution in [-0.2, 0) is 4.74 Å². The summed E-state index contributed by atoms with van der Waals surface area (Å²) in [5.41, 5.74) is 0.721. The second-order valence-electron chi connectivity index (χ2n) is 4.44. The Balaban J connectivity index is 2.32. The van der Waals surface area contributed by atoms with Crippen LogP contribution >= 0.6 is 0 Å². The number of hydrogen-bond donors (Lipinski definition) is 1. The van der Waals surface area contributed by atoms with Gasteiger partial charge in [-0.15, -0.1) is 0 Å². The van der Waals surface area contributed by atoms with Gasteiger partial charge in [-0.25, -0.2) is 9.37 Å². The van der Waals surface area contributed by atoms with Crippen LogP contribution in [0.25, 0.3) is 5.69 Å². The minimum absolute atomic E-state index is 0.104. The summed E-state index contributed by atoms with van der Waals surface area (Å²) in [5.74, 6) is 0.762. The van der Waals surface area contributed by atoms with Gasteiger partial charge >= 0.3 is 0 Å².